The Hall–Kier alpha value is -2.93. The van der Waals surface area contributed by atoms with Crippen molar-refractivity contribution in [3.8, 4) is 11.4 Å². The van der Waals surface area contributed by atoms with Gasteiger partial charge in [-0.2, -0.15) is 5.10 Å². The lowest BCUT2D eigenvalue weighted by atomic mass is 10.0. The maximum absolute atomic E-state index is 12.9. The van der Waals surface area contributed by atoms with Gasteiger partial charge < -0.3 is 14.1 Å². The minimum Gasteiger partial charge on any atom is -0.451 e. The molecule has 3 aromatic rings. The van der Waals surface area contributed by atoms with Gasteiger partial charge in [-0.25, -0.2) is 4.98 Å². The fourth-order valence-electron chi connectivity index (χ4n) is 3.71. The van der Waals surface area contributed by atoms with Gasteiger partial charge in [-0.1, -0.05) is 29.8 Å². The number of hydrogen-bond acceptors (Lipinski definition) is 5. The molecule has 1 amide bonds. The Morgan fingerprint density at radius 2 is 2.10 bits per heavy atom. The average Bonchev–Trinajstić information content (AvgIpc) is 3.37. The Labute approximate surface area is 170 Å². The number of rotatable bonds is 7. The summed E-state index contributed by atoms with van der Waals surface area (Å²) in [5.74, 6) is 0.132. The van der Waals surface area contributed by atoms with Crippen molar-refractivity contribution < 1.29 is 13.9 Å². The predicted octanol–water partition coefficient (Wildman–Crippen LogP) is 3.01. The zero-order valence-corrected chi connectivity index (χ0v) is 16.9. The maximum Gasteiger partial charge on any atom is 0.227 e. The SMILES string of the molecule is CCOCCn1nc(-c2cocn2)c2c1CCN(C(=O)Cc1ccc(C)cc1)C2. The number of benzene rings is 1. The summed E-state index contributed by atoms with van der Waals surface area (Å²) in [5, 5.41) is 4.77. The van der Waals surface area contributed by atoms with E-state index in [1.165, 1.54) is 12.0 Å². The van der Waals surface area contributed by atoms with Crippen LogP contribution in [0.2, 0.25) is 0 Å². The van der Waals surface area contributed by atoms with Gasteiger partial charge in [0.15, 0.2) is 6.39 Å². The van der Waals surface area contributed by atoms with Crippen LogP contribution in [0.15, 0.2) is 41.3 Å². The number of carbonyl (C=O) groups excluding carboxylic acids is 1. The highest BCUT2D eigenvalue weighted by Gasteiger charge is 2.28. The van der Waals surface area contributed by atoms with Crippen molar-refractivity contribution in [2.75, 3.05) is 19.8 Å². The number of aromatic nitrogens is 3. The molecule has 1 aliphatic heterocycles. The Morgan fingerprint density at radius 1 is 1.28 bits per heavy atom. The van der Waals surface area contributed by atoms with Crippen LogP contribution in [0.25, 0.3) is 11.4 Å². The van der Waals surface area contributed by atoms with Crippen LogP contribution < -0.4 is 0 Å². The Balaban J connectivity index is 1.55. The molecule has 2 aromatic heterocycles. The van der Waals surface area contributed by atoms with Gasteiger partial charge in [0.25, 0.3) is 0 Å². The van der Waals surface area contributed by atoms with E-state index in [9.17, 15) is 4.79 Å². The highest BCUT2D eigenvalue weighted by molar-refractivity contribution is 5.79. The summed E-state index contributed by atoms with van der Waals surface area (Å²) in [6.07, 6.45) is 4.19. The zero-order chi connectivity index (χ0) is 20.2. The Bertz CT molecular complexity index is 961. The van der Waals surface area contributed by atoms with E-state index in [4.69, 9.17) is 14.3 Å². The molecule has 0 aliphatic carbocycles. The summed E-state index contributed by atoms with van der Waals surface area (Å²) in [7, 11) is 0. The molecule has 0 fully saturated rings. The molecule has 29 heavy (non-hydrogen) atoms. The minimum atomic E-state index is 0.132. The second-order valence-electron chi connectivity index (χ2n) is 7.30. The zero-order valence-electron chi connectivity index (χ0n) is 16.9. The lowest BCUT2D eigenvalue weighted by Gasteiger charge is -2.28. The quantitative estimate of drug-likeness (QED) is 0.576. The maximum atomic E-state index is 12.9. The van der Waals surface area contributed by atoms with Crippen molar-refractivity contribution in [1.82, 2.24) is 19.7 Å². The van der Waals surface area contributed by atoms with Gasteiger partial charge in [0.2, 0.25) is 5.91 Å². The Morgan fingerprint density at radius 3 is 2.83 bits per heavy atom. The largest absolute Gasteiger partial charge is 0.451 e. The number of hydrogen-bond donors (Lipinski definition) is 0. The molecule has 4 rings (SSSR count). The topological polar surface area (TPSA) is 73.4 Å². The van der Waals surface area contributed by atoms with Gasteiger partial charge in [0.05, 0.1) is 19.6 Å². The van der Waals surface area contributed by atoms with Gasteiger partial charge in [0, 0.05) is 37.4 Å². The van der Waals surface area contributed by atoms with Crippen molar-refractivity contribution in [3.05, 3.63) is 59.3 Å². The molecule has 0 bridgehead atoms. The average molecular weight is 394 g/mol. The first-order valence-corrected chi connectivity index (χ1v) is 10.0. The molecule has 0 atom stereocenters. The van der Waals surface area contributed by atoms with E-state index >= 15 is 0 Å². The van der Waals surface area contributed by atoms with E-state index < -0.39 is 0 Å². The van der Waals surface area contributed by atoms with Gasteiger partial charge in [-0.15, -0.1) is 0 Å². The molecule has 0 spiro atoms. The van der Waals surface area contributed by atoms with E-state index in [0.717, 1.165) is 28.9 Å². The fraction of sp³-hybridized carbons (Fsp3) is 0.409. The number of fused-ring (bicyclic) bond motifs is 1. The second-order valence-corrected chi connectivity index (χ2v) is 7.30. The van der Waals surface area contributed by atoms with Crippen LogP contribution in [0.4, 0.5) is 0 Å². The molecule has 1 aromatic carbocycles. The van der Waals surface area contributed by atoms with Crippen molar-refractivity contribution in [2.24, 2.45) is 0 Å². The summed E-state index contributed by atoms with van der Waals surface area (Å²) >= 11 is 0. The number of amides is 1. The van der Waals surface area contributed by atoms with Crippen molar-refractivity contribution in [2.45, 2.75) is 39.8 Å². The smallest absolute Gasteiger partial charge is 0.227 e. The first-order valence-electron chi connectivity index (χ1n) is 10.0. The highest BCUT2D eigenvalue weighted by atomic mass is 16.5. The molecule has 7 heteroatoms. The molecule has 0 unspecified atom stereocenters. The van der Waals surface area contributed by atoms with Crippen molar-refractivity contribution in [3.63, 3.8) is 0 Å². The molecular formula is C22H26N4O3. The molecule has 1 aliphatic rings. The number of carbonyl (C=O) groups is 1. The van der Waals surface area contributed by atoms with Gasteiger partial charge in [-0.05, 0) is 19.4 Å². The van der Waals surface area contributed by atoms with Crippen molar-refractivity contribution in [1.29, 1.82) is 0 Å². The third-order valence-corrected chi connectivity index (χ3v) is 5.29. The van der Waals surface area contributed by atoms with Crippen LogP contribution in [0.5, 0.6) is 0 Å². The van der Waals surface area contributed by atoms with Crippen LogP contribution in [-0.2, 0) is 35.5 Å². The van der Waals surface area contributed by atoms with Gasteiger partial charge in [-0.3, -0.25) is 9.48 Å². The molecule has 7 nitrogen and oxygen atoms in total. The first-order chi connectivity index (χ1) is 14.2. The van der Waals surface area contributed by atoms with Crippen LogP contribution in [-0.4, -0.2) is 45.3 Å². The lowest BCUT2D eigenvalue weighted by Crippen LogP contribution is -2.37. The summed E-state index contributed by atoms with van der Waals surface area (Å²) in [4.78, 5) is 19.1. The third kappa shape index (κ3) is 4.24. The number of nitrogens with zero attached hydrogens (tertiary/aromatic N) is 4. The molecule has 0 saturated carbocycles. The van der Waals surface area contributed by atoms with E-state index in [1.54, 1.807) is 6.26 Å². The van der Waals surface area contributed by atoms with Gasteiger partial charge in [0.1, 0.15) is 17.7 Å². The Kier molecular flexibility index (Phi) is 5.76. The standard InChI is InChI=1S/C22H26N4O3/c1-3-28-11-10-26-20-8-9-25(21(27)12-17-6-4-16(2)5-7-17)13-18(20)22(24-26)19-14-29-15-23-19/h4-7,14-15H,3,8-13H2,1-2H3. The van der Waals surface area contributed by atoms with E-state index in [2.05, 4.69) is 4.98 Å². The normalized spacial score (nSPS) is 13.5. The van der Waals surface area contributed by atoms with Crippen LogP contribution in [0.3, 0.4) is 0 Å². The van der Waals surface area contributed by atoms with Crippen LogP contribution >= 0.6 is 0 Å². The van der Waals surface area contributed by atoms with E-state index in [1.807, 2.05) is 47.7 Å². The first kappa shape index (κ1) is 19.4. The molecule has 0 saturated heterocycles. The third-order valence-electron chi connectivity index (χ3n) is 5.29. The number of aryl methyl sites for hydroxylation is 1. The minimum absolute atomic E-state index is 0.132. The van der Waals surface area contributed by atoms with Crippen LogP contribution in [0.1, 0.15) is 29.3 Å². The van der Waals surface area contributed by atoms with Crippen LogP contribution in [0, 0.1) is 6.92 Å². The molecule has 152 valence electrons. The lowest BCUT2D eigenvalue weighted by molar-refractivity contribution is -0.131. The molecule has 0 radical (unpaired) electrons. The summed E-state index contributed by atoms with van der Waals surface area (Å²) in [5.41, 5.74) is 5.93. The monoisotopic (exact) mass is 394 g/mol. The summed E-state index contributed by atoms with van der Waals surface area (Å²) in [6.45, 7) is 7.24. The number of ether oxygens (including phenoxy) is 1. The molecule has 0 N–H and O–H groups in total. The summed E-state index contributed by atoms with van der Waals surface area (Å²) in [6, 6.07) is 8.13. The van der Waals surface area contributed by atoms with E-state index in [-0.39, 0.29) is 5.91 Å². The van der Waals surface area contributed by atoms with Gasteiger partial charge >= 0.3 is 0 Å². The number of oxazole rings is 1. The van der Waals surface area contributed by atoms with E-state index in [0.29, 0.717) is 45.0 Å². The fourth-order valence-corrected chi connectivity index (χ4v) is 3.71. The molecule has 3 heterocycles. The molecular weight excluding hydrogens is 368 g/mol. The summed E-state index contributed by atoms with van der Waals surface area (Å²) < 4.78 is 12.7. The second kappa shape index (κ2) is 8.61. The highest BCUT2D eigenvalue weighted by Crippen LogP contribution is 2.29. The predicted molar refractivity (Wildman–Crippen MR) is 108 cm³/mol. The van der Waals surface area contributed by atoms with Crippen molar-refractivity contribution >= 4 is 5.91 Å².